The summed E-state index contributed by atoms with van der Waals surface area (Å²) in [6, 6.07) is 0. The van der Waals surface area contributed by atoms with Crippen molar-refractivity contribution in [3.8, 4) is 0 Å². The summed E-state index contributed by atoms with van der Waals surface area (Å²) in [5.41, 5.74) is 0. The van der Waals surface area contributed by atoms with Gasteiger partial charge in [0, 0.05) is 0 Å². The van der Waals surface area contributed by atoms with Gasteiger partial charge >= 0.3 is 0 Å². The van der Waals surface area contributed by atoms with E-state index in [0.29, 0.717) is 18.3 Å². The molecule has 4 fully saturated rings. The molecule has 0 saturated heterocycles. The molecule has 0 heterocycles. The van der Waals surface area contributed by atoms with Crippen molar-refractivity contribution in [2.45, 2.75) is 117 Å². The first kappa shape index (κ1) is 22.1. The minimum Gasteiger partial charge on any atom is -0.247 e. The molecule has 0 bridgehead atoms. The van der Waals surface area contributed by atoms with Gasteiger partial charge in [-0.2, -0.15) is 0 Å². The molecule has 0 spiro atoms. The van der Waals surface area contributed by atoms with Crippen LogP contribution < -0.4 is 0 Å². The Morgan fingerprint density at radius 1 is 0.483 bits per heavy atom. The summed E-state index contributed by atoms with van der Waals surface area (Å²) in [5.74, 6) is 5.26. The summed E-state index contributed by atoms with van der Waals surface area (Å²) in [4.78, 5) is 0. The van der Waals surface area contributed by atoms with Crippen LogP contribution in [0.25, 0.3) is 0 Å². The van der Waals surface area contributed by atoms with E-state index in [9.17, 15) is 4.39 Å². The van der Waals surface area contributed by atoms with Gasteiger partial charge in [0.1, 0.15) is 12.3 Å². The molecule has 0 amide bonds. The van der Waals surface area contributed by atoms with Gasteiger partial charge in [-0.15, -0.1) is 0 Å². The quantitative estimate of drug-likeness (QED) is 0.440. The molecule has 0 radical (unpaired) electrons. The third-order valence-electron chi connectivity index (χ3n) is 10.3. The Labute approximate surface area is 179 Å². The second-order valence-electron chi connectivity index (χ2n) is 12.0. The number of hydrogen-bond acceptors (Lipinski definition) is 0. The van der Waals surface area contributed by atoms with Crippen molar-refractivity contribution in [3.63, 3.8) is 0 Å². The van der Waals surface area contributed by atoms with Crippen molar-refractivity contribution >= 4 is 0 Å². The van der Waals surface area contributed by atoms with Crippen LogP contribution in [-0.4, -0.2) is 12.3 Å². The molecule has 2 heteroatoms. The summed E-state index contributed by atoms with van der Waals surface area (Å²) >= 11 is 0. The molecular weight excluding hydrogens is 362 g/mol. The highest BCUT2D eigenvalue weighted by Crippen LogP contribution is 2.49. The van der Waals surface area contributed by atoms with E-state index in [2.05, 4.69) is 13.8 Å². The predicted molar refractivity (Wildman–Crippen MR) is 118 cm³/mol. The van der Waals surface area contributed by atoms with E-state index >= 15 is 4.39 Å². The second kappa shape index (κ2) is 9.56. The average molecular weight is 409 g/mol. The first-order valence-electron chi connectivity index (χ1n) is 13.2. The normalized spacial score (nSPS) is 52.2. The Kier molecular flexibility index (Phi) is 7.27. The van der Waals surface area contributed by atoms with Crippen LogP contribution in [0.2, 0.25) is 0 Å². The lowest BCUT2D eigenvalue weighted by molar-refractivity contribution is -0.00193. The van der Waals surface area contributed by atoms with Crippen LogP contribution >= 0.6 is 0 Å². The summed E-state index contributed by atoms with van der Waals surface area (Å²) < 4.78 is 29.7. The SMILES string of the molecule is CC1CCC(C2CCC(C3CCC(C4CC(C)C(C)C(F)C4)C(F)C3)CC2)CC1. The Morgan fingerprint density at radius 3 is 1.52 bits per heavy atom. The second-order valence-corrected chi connectivity index (χ2v) is 12.0. The van der Waals surface area contributed by atoms with Gasteiger partial charge in [0.05, 0.1) is 0 Å². The summed E-state index contributed by atoms with van der Waals surface area (Å²) in [7, 11) is 0. The standard InChI is InChI=1S/C27H46F2/c1-17-4-6-20(7-5-17)21-8-10-22(11-9-21)23-12-13-25(27(29)15-23)24-14-18(2)19(3)26(28)16-24/h17-27H,4-16H2,1-3H3. The van der Waals surface area contributed by atoms with Crippen molar-refractivity contribution in [2.75, 3.05) is 0 Å². The minimum atomic E-state index is -0.716. The van der Waals surface area contributed by atoms with E-state index in [0.717, 1.165) is 42.9 Å². The van der Waals surface area contributed by atoms with Crippen LogP contribution in [-0.2, 0) is 0 Å². The number of hydrogen-bond donors (Lipinski definition) is 0. The first-order valence-corrected chi connectivity index (χ1v) is 13.2. The van der Waals surface area contributed by atoms with Crippen molar-refractivity contribution in [2.24, 2.45) is 53.3 Å². The van der Waals surface area contributed by atoms with Gasteiger partial charge in [0.25, 0.3) is 0 Å². The highest BCUT2D eigenvalue weighted by molar-refractivity contribution is 4.93. The Balaban J connectivity index is 1.24. The number of rotatable bonds is 3. The average Bonchev–Trinajstić information content (AvgIpc) is 2.72. The lowest BCUT2D eigenvalue weighted by Crippen LogP contribution is -2.40. The molecule has 0 aromatic rings. The maximum atomic E-state index is 15.3. The van der Waals surface area contributed by atoms with Crippen LogP contribution in [0.15, 0.2) is 0 Å². The Bertz CT molecular complexity index is 491. The molecule has 29 heavy (non-hydrogen) atoms. The van der Waals surface area contributed by atoms with Crippen molar-refractivity contribution < 1.29 is 8.78 Å². The van der Waals surface area contributed by atoms with Crippen molar-refractivity contribution in [1.29, 1.82) is 0 Å². The molecule has 0 aromatic heterocycles. The van der Waals surface area contributed by atoms with Gasteiger partial charge in [-0.25, -0.2) is 8.78 Å². The largest absolute Gasteiger partial charge is 0.247 e. The molecule has 168 valence electrons. The lowest BCUT2D eigenvalue weighted by Gasteiger charge is -2.45. The topological polar surface area (TPSA) is 0 Å². The fourth-order valence-corrected chi connectivity index (χ4v) is 7.97. The smallest absolute Gasteiger partial charge is 0.103 e. The highest BCUT2D eigenvalue weighted by Gasteiger charge is 2.43. The van der Waals surface area contributed by atoms with E-state index < -0.39 is 12.3 Å². The Morgan fingerprint density at radius 2 is 0.966 bits per heavy atom. The van der Waals surface area contributed by atoms with E-state index in [1.54, 1.807) is 0 Å². The minimum absolute atomic E-state index is 0.139. The molecule has 0 N–H and O–H groups in total. The van der Waals surface area contributed by atoms with E-state index in [-0.39, 0.29) is 17.8 Å². The summed E-state index contributed by atoms with van der Waals surface area (Å²) in [6.45, 7) is 6.63. The van der Waals surface area contributed by atoms with E-state index in [1.165, 1.54) is 57.8 Å². The first-order chi connectivity index (χ1) is 13.9. The molecule has 0 aromatic carbocycles. The zero-order chi connectivity index (χ0) is 20.5. The lowest BCUT2D eigenvalue weighted by atomic mass is 9.61. The van der Waals surface area contributed by atoms with Crippen molar-refractivity contribution in [1.82, 2.24) is 0 Å². The molecule has 0 aliphatic heterocycles. The van der Waals surface area contributed by atoms with Gasteiger partial charge in [-0.05, 0) is 124 Å². The molecule has 4 saturated carbocycles. The van der Waals surface area contributed by atoms with Gasteiger partial charge in [0.15, 0.2) is 0 Å². The molecule has 0 nitrogen and oxygen atoms in total. The van der Waals surface area contributed by atoms with Gasteiger partial charge in [-0.1, -0.05) is 33.6 Å². The number of alkyl halides is 2. The van der Waals surface area contributed by atoms with Crippen LogP contribution in [0.5, 0.6) is 0 Å². The molecule has 7 unspecified atom stereocenters. The maximum absolute atomic E-state index is 15.3. The van der Waals surface area contributed by atoms with E-state index in [1.807, 2.05) is 6.92 Å². The van der Waals surface area contributed by atoms with Crippen LogP contribution in [0.1, 0.15) is 104 Å². The maximum Gasteiger partial charge on any atom is 0.103 e. The van der Waals surface area contributed by atoms with Crippen molar-refractivity contribution in [3.05, 3.63) is 0 Å². The Hall–Kier alpha value is -0.140. The van der Waals surface area contributed by atoms with E-state index in [4.69, 9.17) is 0 Å². The fraction of sp³-hybridized carbons (Fsp3) is 1.00. The molecule has 4 aliphatic carbocycles. The third kappa shape index (κ3) is 5.03. The third-order valence-corrected chi connectivity index (χ3v) is 10.3. The fourth-order valence-electron chi connectivity index (χ4n) is 7.97. The molecular formula is C27H46F2. The zero-order valence-corrected chi connectivity index (χ0v) is 19.3. The molecule has 4 aliphatic rings. The highest BCUT2D eigenvalue weighted by atomic mass is 19.1. The molecule has 7 atom stereocenters. The van der Waals surface area contributed by atoms with Crippen LogP contribution in [0.4, 0.5) is 8.78 Å². The van der Waals surface area contributed by atoms with Gasteiger partial charge < -0.3 is 0 Å². The molecule has 4 rings (SSSR count). The predicted octanol–water partition coefficient (Wildman–Crippen LogP) is 8.39. The zero-order valence-electron chi connectivity index (χ0n) is 19.3. The van der Waals surface area contributed by atoms with Crippen LogP contribution in [0, 0.1) is 53.3 Å². The summed E-state index contributed by atoms with van der Waals surface area (Å²) in [5, 5.41) is 0. The van der Waals surface area contributed by atoms with Gasteiger partial charge in [0.2, 0.25) is 0 Å². The summed E-state index contributed by atoms with van der Waals surface area (Å²) in [6.07, 6.45) is 14.6. The van der Waals surface area contributed by atoms with Gasteiger partial charge in [-0.3, -0.25) is 0 Å². The monoisotopic (exact) mass is 408 g/mol. The number of halogens is 2. The van der Waals surface area contributed by atoms with Crippen LogP contribution in [0.3, 0.4) is 0 Å².